The first-order chi connectivity index (χ1) is 9.38. The fourth-order valence-electron chi connectivity index (χ4n) is 2.12. The van der Waals surface area contributed by atoms with Gasteiger partial charge in [0.15, 0.2) is 0 Å². The summed E-state index contributed by atoms with van der Waals surface area (Å²) in [5.41, 5.74) is 3.44. The minimum absolute atomic E-state index is 0.865. The van der Waals surface area contributed by atoms with Crippen LogP contribution >= 0.6 is 0 Å². The summed E-state index contributed by atoms with van der Waals surface area (Å²) in [4.78, 5) is 4.10. The van der Waals surface area contributed by atoms with E-state index in [0.29, 0.717) is 0 Å². The molecule has 3 nitrogen and oxygen atoms in total. The summed E-state index contributed by atoms with van der Waals surface area (Å²) >= 11 is 0. The second-order valence-electron chi connectivity index (χ2n) is 4.22. The highest BCUT2D eigenvalue weighted by Crippen LogP contribution is 2.27. The molecule has 1 heterocycles. The molecule has 0 unspecified atom stereocenters. The zero-order chi connectivity index (χ0) is 13.1. The van der Waals surface area contributed by atoms with E-state index < -0.39 is 0 Å². The highest BCUT2D eigenvalue weighted by atomic mass is 16.5. The van der Waals surface area contributed by atoms with Crippen molar-refractivity contribution < 1.29 is 4.74 Å². The Balaban J connectivity index is 2.09. The largest absolute Gasteiger partial charge is 0.497 e. The number of benzene rings is 2. The molecule has 0 spiro atoms. The summed E-state index contributed by atoms with van der Waals surface area (Å²) in [6, 6.07) is 16.3. The van der Waals surface area contributed by atoms with Crippen molar-refractivity contribution in [3.8, 4) is 22.6 Å². The molecule has 94 valence electrons. The van der Waals surface area contributed by atoms with Gasteiger partial charge in [0.2, 0.25) is 0 Å². The van der Waals surface area contributed by atoms with Crippen molar-refractivity contribution in [3.05, 3.63) is 67.3 Å². The van der Waals surface area contributed by atoms with Crippen LogP contribution in [0.15, 0.2) is 67.3 Å². The number of aromatic nitrogens is 2. The monoisotopic (exact) mass is 250 g/mol. The molecule has 3 aromatic rings. The lowest BCUT2D eigenvalue weighted by Crippen LogP contribution is -1.93. The SMILES string of the molecule is COc1ccc(-c2ccccc2-n2ccnc2)cc1. The van der Waals surface area contributed by atoms with Crippen molar-refractivity contribution in [2.45, 2.75) is 0 Å². The summed E-state index contributed by atoms with van der Waals surface area (Å²) in [5, 5.41) is 0. The van der Waals surface area contributed by atoms with E-state index in [2.05, 4.69) is 29.2 Å². The van der Waals surface area contributed by atoms with Crippen LogP contribution in [0.4, 0.5) is 0 Å². The van der Waals surface area contributed by atoms with Gasteiger partial charge in [-0.3, -0.25) is 0 Å². The first-order valence-electron chi connectivity index (χ1n) is 6.10. The van der Waals surface area contributed by atoms with Crippen LogP contribution in [0.1, 0.15) is 0 Å². The van der Waals surface area contributed by atoms with E-state index >= 15 is 0 Å². The van der Waals surface area contributed by atoms with Crippen LogP contribution in [0.5, 0.6) is 5.75 Å². The molecule has 0 aliphatic rings. The Bertz CT molecular complexity index is 657. The van der Waals surface area contributed by atoms with E-state index in [1.807, 2.05) is 41.4 Å². The molecule has 3 heteroatoms. The number of para-hydroxylation sites is 1. The van der Waals surface area contributed by atoms with Gasteiger partial charge in [-0.1, -0.05) is 30.3 Å². The van der Waals surface area contributed by atoms with Crippen LogP contribution in [-0.2, 0) is 0 Å². The molecular formula is C16H14N2O. The van der Waals surface area contributed by atoms with E-state index in [1.54, 1.807) is 13.3 Å². The maximum atomic E-state index is 5.19. The van der Waals surface area contributed by atoms with Crippen molar-refractivity contribution in [2.75, 3.05) is 7.11 Å². The molecule has 0 radical (unpaired) electrons. The summed E-state index contributed by atoms with van der Waals surface area (Å²) < 4.78 is 7.21. The van der Waals surface area contributed by atoms with E-state index in [0.717, 1.165) is 17.0 Å². The van der Waals surface area contributed by atoms with Crippen LogP contribution in [0.25, 0.3) is 16.8 Å². The number of methoxy groups -OCH3 is 1. The number of hydrogen-bond acceptors (Lipinski definition) is 2. The smallest absolute Gasteiger partial charge is 0.118 e. The molecule has 0 bridgehead atoms. The van der Waals surface area contributed by atoms with Crippen LogP contribution in [0.2, 0.25) is 0 Å². The second kappa shape index (κ2) is 4.98. The van der Waals surface area contributed by atoms with Gasteiger partial charge >= 0.3 is 0 Å². The third-order valence-electron chi connectivity index (χ3n) is 3.09. The molecule has 0 atom stereocenters. The quantitative estimate of drug-likeness (QED) is 0.710. The fourth-order valence-corrected chi connectivity index (χ4v) is 2.12. The van der Waals surface area contributed by atoms with Crippen LogP contribution in [0.3, 0.4) is 0 Å². The van der Waals surface area contributed by atoms with Gasteiger partial charge in [0.25, 0.3) is 0 Å². The lowest BCUT2D eigenvalue weighted by molar-refractivity contribution is 0.415. The zero-order valence-corrected chi connectivity index (χ0v) is 10.7. The van der Waals surface area contributed by atoms with Gasteiger partial charge in [-0.25, -0.2) is 4.98 Å². The number of hydrogen-bond donors (Lipinski definition) is 0. The van der Waals surface area contributed by atoms with E-state index in [4.69, 9.17) is 4.74 Å². The molecular weight excluding hydrogens is 236 g/mol. The maximum absolute atomic E-state index is 5.19. The van der Waals surface area contributed by atoms with Gasteiger partial charge < -0.3 is 9.30 Å². The molecule has 0 saturated heterocycles. The number of imidazole rings is 1. The van der Waals surface area contributed by atoms with Crippen LogP contribution in [-0.4, -0.2) is 16.7 Å². The van der Waals surface area contributed by atoms with Gasteiger partial charge in [0, 0.05) is 18.0 Å². The molecule has 0 aliphatic heterocycles. The molecule has 0 fully saturated rings. The minimum Gasteiger partial charge on any atom is -0.497 e. The Hall–Kier alpha value is -2.55. The van der Waals surface area contributed by atoms with Crippen molar-refractivity contribution >= 4 is 0 Å². The number of rotatable bonds is 3. The number of nitrogens with zero attached hydrogens (tertiary/aromatic N) is 2. The standard InChI is InChI=1S/C16H14N2O/c1-19-14-8-6-13(7-9-14)15-4-2-3-5-16(15)18-11-10-17-12-18/h2-12H,1H3. The van der Waals surface area contributed by atoms with Crippen molar-refractivity contribution in [3.63, 3.8) is 0 Å². The first-order valence-corrected chi connectivity index (χ1v) is 6.10. The number of ether oxygens (including phenoxy) is 1. The predicted octanol–water partition coefficient (Wildman–Crippen LogP) is 3.55. The van der Waals surface area contributed by atoms with E-state index in [9.17, 15) is 0 Å². The molecule has 3 rings (SSSR count). The Labute approximate surface area is 112 Å². The third-order valence-corrected chi connectivity index (χ3v) is 3.09. The lowest BCUT2D eigenvalue weighted by Gasteiger charge is -2.10. The predicted molar refractivity (Wildman–Crippen MR) is 75.6 cm³/mol. The molecule has 1 aromatic heterocycles. The summed E-state index contributed by atoms with van der Waals surface area (Å²) in [7, 11) is 1.68. The van der Waals surface area contributed by atoms with Gasteiger partial charge in [-0.05, 0) is 23.8 Å². The lowest BCUT2D eigenvalue weighted by atomic mass is 10.0. The average Bonchev–Trinajstić information content (AvgIpc) is 3.01. The Morgan fingerprint density at radius 2 is 1.79 bits per heavy atom. The van der Waals surface area contributed by atoms with Gasteiger partial charge in [0.1, 0.15) is 5.75 Å². The average molecular weight is 250 g/mol. The highest BCUT2D eigenvalue weighted by molar-refractivity contribution is 5.73. The van der Waals surface area contributed by atoms with Crippen LogP contribution in [0, 0.1) is 0 Å². The highest BCUT2D eigenvalue weighted by Gasteiger charge is 2.06. The Morgan fingerprint density at radius 3 is 2.47 bits per heavy atom. The molecule has 2 aromatic carbocycles. The Morgan fingerprint density at radius 1 is 1.00 bits per heavy atom. The molecule has 0 saturated carbocycles. The Kier molecular flexibility index (Phi) is 3.02. The molecule has 19 heavy (non-hydrogen) atoms. The minimum atomic E-state index is 0.865. The van der Waals surface area contributed by atoms with E-state index in [1.165, 1.54) is 5.56 Å². The van der Waals surface area contributed by atoms with Crippen molar-refractivity contribution in [2.24, 2.45) is 0 Å². The molecule has 0 N–H and O–H groups in total. The zero-order valence-electron chi connectivity index (χ0n) is 10.7. The topological polar surface area (TPSA) is 27.1 Å². The summed E-state index contributed by atoms with van der Waals surface area (Å²) in [6.07, 6.45) is 5.54. The van der Waals surface area contributed by atoms with Crippen LogP contribution < -0.4 is 4.74 Å². The molecule has 0 aliphatic carbocycles. The summed E-state index contributed by atoms with van der Waals surface area (Å²) in [5.74, 6) is 0.865. The van der Waals surface area contributed by atoms with E-state index in [-0.39, 0.29) is 0 Å². The van der Waals surface area contributed by atoms with Crippen molar-refractivity contribution in [1.82, 2.24) is 9.55 Å². The fraction of sp³-hybridized carbons (Fsp3) is 0.0625. The first kappa shape index (κ1) is 11.5. The maximum Gasteiger partial charge on any atom is 0.118 e. The normalized spacial score (nSPS) is 10.4. The van der Waals surface area contributed by atoms with Gasteiger partial charge in [-0.2, -0.15) is 0 Å². The van der Waals surface area contributed by atoms with Gasteiger partial charge in [-0.15, -0.1) is 0 Å². The summed E-state index contributed by atoms with van der Waals surface area (Å²) in [6.45, 7) is 0. The second-order valence-corrected chi connectivity index (χ2v) is 4.22. The third kappa shape index (κ3) is 2.22. The van der Waals surface area contributed by atoms with Crippen molar-refractivity contribution in [1.29, 1.82) is 0 Å². The molecule has 0 amide bonds. The van der Waals surface area contributed by atoms with Gasteiger partial charge in [0.05, 0.1) is 19.1 Å².